The number of carbonyl (C=O) groups excluding carboxylic acids is 2. The first kappa shape index (κ1) is 71.6. The smallest absolute Gasteiger partial charge is 0.305 e. The van der Waals surface area contributed by atoms with E-state index in [1.807, 2.05) is 0 Å². The second-order valence-electron chi connectivity index (χ2n) is 23.2. The van der Waals surface area contributed by atoms with Gasteiger partial charge < -0.3 is 20.3 Å². The van der Waals surface area contributed by atoms with Crippen LogP contribution in [0.5, 0.6) is 0 Å². The molecule has 0 saturated carbocycles. The van der Waals surface area contributed by atoms with E-state index in [4.69, 9.17) is 4.74 Å². The number of aliphatic hydroxyl groups excluding tert-OH is 2. The van der Waals surface area contributed by atoms with Crippen molar-refractivity contribution >= 4 is 11.9 Å². The fraction of sp³-hybridized carbons (Fsp3) is 0.940. The first-order valence-corrected chi connectivity index (χ1v) is 33.4. The average molecular weight is 1030 g/mol. The lowest BCUT2D eigenvalue weighted by Gasteiger charge is -2.22. The van der Waals surface area contributed by atoms with Crippen LogP contribution in [-0.4, -0.2) is 47.4 Å². The molecule has 0 aliphatic heterocycles. The summed E-state index contributed by atoms with van der Waals surface area (Å²) in [5, 5.41) is 23.4. The first-order chi connectivity index (χ1) is 36.0. The Hall–Kier alpha value is -1.40. The van der Waals surface area contributed by atoms with Crippen LogP contribution >= 0.6 is 0 Å². The minimum absolute atomic E-state index is 0.00695. The topological polar surface area (TPSA) is 95.9 Å². The number of amides is 1. The van der Waals surface area contributed by atoms with Crippen molar-refractivity contribution in [3.05, 3.63) is 12.2 Å². The molecule has 6 nitrogen and oxygen atoms in total. The average Bonchev–Trinajstić information content (AvgIpc) is 3.39. The Morgan fingerprint density at radius 3 is 0.973 bits per heavy atom. The first-order valence-electron chi connectivity index (χ1n) is 33.4. The van der Waals surface area contributed by atoms with Crippen LogP contribution in [0.15, 0.2) is 12.2 Å². The van der Waals surface area contributed by atoms with E-state index in [9.17, 15) is 19.8 Å². The number of esters is 1. The van der Waals surface area contributed by atoms with E-state index < -0.39 is 12.1 Å². The summed E-state index contributed by atoms with van der Waals surface area (Å²) >= 11 is 0. The molecule has 0 aliphatic carbocycles. The maximum absolute atomic E-state index is 12.5. The predicted octanol–water partition coefficient (Wildman–Crippen LogP) is 21.2. The lowest BCUT2D eigenvalue weighted by atomic mass is 10.0. The maximum Gasteiger partial charge on any atom is 0.305 e. The van der Waals surface area contributed by atoms with E-state index in [1.54, 1.807) is 0 Å². The van der Waals surface area contributed by atoms with E-state index >= 15 is 0 Å². The molecule has 0 saturated heterocycles. The number of carbonyl (C=O) groups is 2. The molecule has 0 bridgehead atoms. The fourth-order valence-electron chi connectivity index (χ4n) is 10.7. The van der Waals surface area contributed by atoms with Gasteiger partial charge in [0, 0.05) is 12.8 Å². The van der Waals surface area contributed by atoms with Crippen molar-refractivity contribution in [1.29, 1.82) is 0 Å². The normalized spacial score (nSPS) is 12.5. The lowest BCUT2D eigenvalue weighted by molar-refractivity contribution is -0.143. The second kappa shape index (κ2) is 63.1. The van der Waals surface area contributed by atoms with Crippen LogP contribution in [0, 0.1) is 0 Å². The molecule has 0 radical (unpaired) electrons. The zero-order valence-electron chi connectivity index (χ0n) is 49.6. The molecule has 0 rings (SSSR count). The van der Waals surface area contributed by atoms with Crippen LogP contribution in [0.25, 0.3) is 0 Å². The highest BCUT2D eigenvalue weighted by atomic mass is 16.5. The molecule has 0 aromatic heterocycles. The zero-order chi connectivity index (χ0) is 52.9. The molecule has 0 spiro atoms. The lowest BCUT2D eigenvalue weighted by Crippen LogP contribution is -2.45. The molecule has 3 N–H and O–H groups in total. The third kappa shape index (κ3) is 59.7. The molecule has 0 heterocycles. The number of ether oxygens (including phenoxy) is 1. The Balaban J connectivity index is 3.37. The molecule has 1 amide bonds. The third-order valence-electron chi connectivity index (χ3n) is 15.8. The highest BCUT2D eigenvalue weighted by Gasteiger charge is 2.20. The Labute approximate surface area is 457 Å². The van der Waals surface area contributed by atoms with E-state index in [0.717, 1.165) is 44.9 Å². The van der Waals surface area contributed by atoms with Crippen molar-refractivity contribution in [2.75, 3.05) is 13.2 Å². The van der Waals surface area contributed by atoms with Crippen LogP contribution in [0.4, 0.5) is 0 Å². The number of aliphatic hydroxyl groups is 2. The number of hydrogen-bond donors (Lipinski definition) is 3. The van der Waals surface area contributed by atoms with Gasteiger partial charge in [0.1, 0.15) is 0 Å². The highest BCUT2D eigenvalue weighted by Crippen LogP contribution is 2.19. The molecule has 434 valence electrons. The zero-order valence-corrected chi connectivity index (χ0v) is 49.6. The largest absolute Gasteiger partial charge is 0.466 e. The number of allylic oxidation sites excluding steroid dienone is 2. The summed E-state index contributed by atoms with van der Waals surface area (Å²) in [5.74, 6) is -0.0244. The van der Waals surface area contributed by atoms with Gasteiger partial charge >= 0.3 is 5.97 Å². The van der Waals surface area contributed by atoms with Gasteiger partial charge in [0.15, 0.2) is 0 Å². The van der Waals surface area contributed by atoms with Crippen molar-refractivity contribution in [1.82, 2.24) is 5.32 Å². The van der Waals surface area contributed by atoms with E-state index in [1.165, 1.54) is 302 Å². The van der Waals surface area contributed by atoms with Gasteiger partial charge in [-0.25, -0.2) is 0 Å². The number of nitrogens with one attached hydrogen (secondary N) is 1. The molecule has 2 unspecified atom stereocenters. The molecule has 2 atom stereocenters. The molecule has 0 aromatic rings. The van der Waals surface area contributed by atoms with Gasteiger partial charge in [0.25, 0.3) is 0 Å². The van der Waals surface area contributed by atoms with Crippen LogP contribution in [0.1, 0.15) is 380 Å². The highest BCUT2D eigenvalue weighted by molar-refractivity contribution is 5.76. The van der Waals surface area contributed by atoms with Gasteiger partial charge in [-0.1, -0.05) is 328 Å². The minimum Gasteiger partial charge on any atom is -0.466 e. The standard InChI is InChI=1S/C67H131NO5/c1-3-5-7-9-11-13-15-17-19-21-28-31-35-39-43-47-51-55-59-65(70)64(63-69)68-66(71)60-56-52-48-44-40-36-32-29-26-24-22-23-25-27-30-34-38-42-46-50-54-58-62-73-67(72)61-57-53-49-45-41-37-33-20-18-16-14-12-10-8-6-4-2/h20,33,64-65,69-70H,3-19,21-32,34-63H2,1-2H3,(H,68,71)/b33-20-. The van der Waals surface area contributed by atoms with E-state index in [2.05, 4.69) is 31.3 Å². The Morgan fingerprint density at radius 2 is 0.644 bits per heavy atom. The van der Waals surface area contributed by atoms with Crippen LogP contribution in [0.3, 0.4) is 0 Å². The van der Waals surface area contributed by atoms with E-state index in [0.29, 0.717) is 25.9 Å². The monoisotopic (exact) mass is 1030 g/mol. The van der Waals surface area contributed by atoms with Gasteiger partial charge in [-0.2, -0.15) is 0 Å². The Bertz CT molecular complexity index is 1100. The summed E-state index contributed by atoms with van der Waals surface area (Å²) in [7, 11) is 0. The summed E-state index contributed by atoms with van der Waals surface area (Å²) in [5.41, 5.74) is 0. The molecule has 0 aromatic carbocycles. The van der Waals surface area contributed by atoms with Gasteiger partial charge in [0.2, 0.25) is 5.91 Å². The molecule has 0 aliphatic rings. The quantitative estimate of drug-likeness (QED) is 0.0320. The molecule has 0 fully saturated rings. The van der Waals surface area contributed by atoms with Crippen molar-refractivity contribution < 1.29 is 24.5 Å². The predicted molar refractivity (Wildman–Crippen MR) is 320 cm³/mol. The van der Waals surface area contributed by atoms with Crippen molar-refractivity contribution in [2.24, 2.45) is 0 Å². The number of hydrogen-bond acceptors (Lipinski definition) is 5. The molecular formula is C67H131NO5. The summed E-state index contributed by atoms with van der Waals surface area (Å²) in [6.07, 6.45) is 76.6. The SMILES string of the molecule is CCCCCCCCC/C=C\CCCCCCCC(=O)OCCCCCCCCCCCCCCCCCCCCCCCCC(=O)NC(CO)C(O)CCCCCCCCCCCCCCCCCCCC. The fourth-order valence-corrected chi connectivity index (χ4v) is 10.7. The van der Waals surface area contributed by atoms with Crippen molar-refractivity contribution in [3.63, 3.8) is 0 Å². The minimum atomic E-state index is -0.664. The molecular weight excluding hydrogens is 899 g/mol. The van der Waals surface area contributed by atoms with Crippen LogP contribution in [-0.2, 0) is 14.3 Å². The number of rotatable bonds is 63. The van der Waals surface area contributed by atoms with Gasteiger partial charge in [-0.05, 0) is 51.4 Å². The van der Waals surface area contributed by atoms with Crippen molar-refractivity contribution in [3.8, 4) is 0 Å². The van der Waals surface area contributed by atoms with E-state index in [-0.39, 0.29) is 18.5 Å². The maximum atomic E-state index is 12.5. The number of unbranched alkanes of at least 4 members (excludes halogenated alkanes) is 50. The summed E-state index contributed by atoms with van der Waals surface area (Å²) in [6, 6.07) is -0.541. The summed E-state index contributed by atoms with van der Waals surface area (Å²) < 4.78 is 5.49. The van der Waals surface area contributed by atoms with Gasteiger partial charge in [-0.15, -0.1) is 0 Å². The molecule has 6 heteroatoms. The van der Waals surface area contributed by atoms with Crippen LogP contribution in [0.2, 0.25) is 0 Å². The summed E-state index contributed by atoms with van der Waals surface area (Å²) in [4.78, 5) is 24.6. The van der Waals surface area contributed by atoms with Gasteiger partial charge in [-0.3, -0.25) is 9.59 Å². The Morgan fingerprint density at radius 1 is 0.370 bits per heavy atom. The van der Waals surface area contributed by atoms with Crippen molar-refractivity contribution in [2.45, 2.75) is 392 Å². The third-order valence-corrected chi connectivity index (χ3v) is 15.8. The van der Waals surface area contributed by atoms with Gasteiger partial charge in [0.05, 0.1) is 25.4 Å². The summed E-state index contributed by atoms with van der Waals surface area (Å²) in [6.45, 7) is 4.98. The second-order valence-corrected chi connectivity index (χ2v) is 23.2. The molecule has 73 heavy (non-hydrogen) atoms. The Kier molecular flexibility index (Phi) is 61.9. The van der Waals surface area contributed by atoms with Crippen LogP contribution < -0.4 is 5.32 Å².